The molecule has 1 aliphatic heterocycles. The Bertz CT molecular complexity index is 184. The molecule has 1 heterocycles. The van der Waals surface area contributed by atoms with Crippen LogP contribution in [0, 0.1) is 5.92 Å². The number of halogens is 1. The predicted octanol–water partition coefficient (Wildman–Crippen LogP) is 4.84. The van der Waals surface area contributed by atoms with Crippen LogP contribution >= 0.6 is 15.9 Å². The normalized spacial score (nSPS) is 23.1. The molecule has 0 radical (unpaired) electrons. The van der Waals surface area contributed by atoms with E-state index >= 15 is 0 Å². The second-order valence-electron chi connectivity index (χ2n) is 5.54. The highest BCUT2D eigenvalue weighted by atomic mass is 79.9. The first-order valence-electron chi connectivity index (χ1n) is 7.61. The van der Waals surface area contributed by atoms with Crippen molar-refractivity contribution < 1.29 is 0 Å². The molecule has 0 N–H and O–H groups in total. The molecule has 1 aliphatic rings. The Labute approximate surface area is 116 Å². The molecule has 0 aromatic rings. The van der Waals surface area contributed by atoms with Gasteiger partial charge in [-0.15, -0.1) is 0 Å². The van der Waals surface area contributed by atoms with E-state index in [4.69, 9.17) is 0 Å². The van der Waals surface area contributed by atoms with Crippen molar-refractivity contribution in [3.8, 4) is 0 Å². The van der Waals surface area contributed by atoms with E-state index in [0.29, 0.717) is 0 Å². The molecule has 1 nitrogen and oxygen atoms in total. The van der Waals surface area contributed by atoms with Crippen molar-refractivity contribution in [3.63, 3.8) is 0 Å². The molecular weight excluding hydrogens is 274 g/mol. The van der Waals surface area contributed by atoms with Crippen molar-refractivity contribution in [2.45, 2.75) is 71.3 Å². The van der Waals surface area contributed by atoms with Crippen LogP contribution in [0.2, 0.25) is 0 Å². The fourth-order valence-corrected chi connectivity index (χ4v) is 3.35. The Morgan fingerprint density at radius 3 is 2.76 bits per heavy atom. The summed E-state index contributed by atoms with van der Waals surface area (Å²) >= 11 is 3.56. The van der Waals surface area contributed by atoms with Crippen LogP contribution in [0.1, 0.15) is 65.2 Å². The van der Waals surface area contributed by atoms with Gasteiger partial charge in [-0.2, -0.15) is 0 Å². The van der Waals surface area contributed by atoms with Crippen LogP contribution in [0.15, 0.2) is 0 Å². The van der Waals surface area contributed by atoms with Crippen molar-refractivity contribution in [2.75, 3.05) is 18.4 Å². The SMILES string of the molecule is CCCCC(CC)CN1CCCC1CCCBr. The molecule has 2 unspecified atom stereocenters. The highest BCUT2D eigenvalue weighted by molar-refractivity contribution is 9.09. The van der Waals surface area contributed by atoms with Gasteiger partial charge < -0.3 is 4.90 Å². The monoisotopic (exact) mass is 303 g/mol. The topological polar surface area (TPSA) is 3.24 Å². The second-order valence-corrected chi connectivity index (χ2v) is 6.33. The number of likely N-dealkylation sites (tertiary alicyclic amines) is 1. The summed E-state index contributed by atoms with van der Waals surface area (Å²) in [5.74, 6) is 0.944. The first-order chi connectivity index (χ1) is 8.31. The minimum Gasteiger partial charge on any atom is -0.300 e. The zero-order chi connectivity index (χ0) is 12.5. The molecule has 0 amide bonds. The molecule has 1 saturated heterocycles. The summed E-state index contributed by atoms with van der Waals surface area (Å²) in [7, 11) is 0. The number of rotatable bonds is 9. The van der Waals surface area contributed by atoms with Crippen molar-refractivity contribution in [2.24, 2.45) is 5.92 Å². The van der Waals surface area contributed by atoms with E-state index < -0.39 is 0 Å². The minimum absolute atomic E-state index is 0.892. The van der Waals surface area contributed by atoms with E-state index in [1.807, 2.05) is 0 Å². The maximum Gasteiger partial charge on any atom is 0.00961 e. The van der Waals surface area contributed by atoms with Gasteiger partial charge in [0.15, 0.2) is 0 Å². The first kappa shape index (κ1) is 15.5. The van der Waals surface area contributed by atoms with Crippen molar-refractivity contribution in [1.82, 2.24) is 4.90 Å². The molecule has 0 saturated carbocycles. The van der Waals surface area contributed by atoms with Crippen molar-refractivity contribution in [1.29, 1.82) is 0 Å². The van der Waals surface area contributed by atoms with Crippen LogP contribution in [-0.4, -0.2) is 29.4 Å². The lowest BCUT2D eigenvalue weighted by atomic mass is 9.98. The summed E-state index contributed by atoms with van der Waals surface area (Å²) in [6.45, 7) is 7.39. The highest BCUT2D eigenvalue weighted by Gasteiger charge is 2.25. The third-order valence-electron chi connectivity index (χ3n) is 4.21. The van der Waals surface area contributed by atoms with Crippen LogP contribution in [0.5, 0.6) is 0 Å². The standard InChI is InChI=1S/C15H30BrN/c1-3-5-8-14(4-2)13-17-12-7-10-15(17)9-6-11-16/h14-15H,3-13H2,1-2H3. The van der Waals surface area contributed by atoms with Gasteiger partial charge in [0.25, 0.3) is 0 Å². The summed E-state index contributed by atoms with van der Waals surface area (Å²) in [5.41, 5.74) is 0. The fraction of sp³-hybridized carbons (Fsp3) is 1.00. The van der Waals surface area contributed by atoms with E-state index in [1.54, 1.807) is 0 Å². The number of nitrogens with zero attached hydrogens (tertiary/aromatic N) is 1. The van der Waals surface area contributed by atoms with Gasteiger partial charge in [0.1, 0.15) is 0 Å². The summed E-state index contributed by atoms with van der Waals surface area (Å²) in [6, 6.07) is 0.892. The molecule has 0 bridgehead atoms. The molecule has 0 spiro atoms. The quantitative estimate of drug-likeness (QED) is 0.551. The lowest BCUT2D eigenvalue weighted by molar-refractivity contribution is 0.195. The Morgan fingerprint density at radius 2 is 2.12 bits per heavy atom. The Hall–Kier alpha value is 0.440. The molecule has 102 valence electrons. The Balaban J connectivity index is 2.31. The maximum atomic E-state index is 3.56. The van der Waals surface area contributed by atoms with Crippen LogP contribution in [0.25, 0.3) is 0 Å². The van der Waals surface area contributed by atoms with E-state index in [2.05, 4.69) is 34.7 Å². The molecule has 1 fully saturated rings. The van der Waals surface area contributed by atoms with Gasteiger partial charge >= 0.3 is 0 Å². The zero-order valence-electron chi connectivity index (χ0n) is 11.8. The summed E-state index contributed by atoms with van der Waals surface area (Å²) < 4.78 is 0. The van der Waals surface area contributed by atoms with Gasteiger partial charge in [-0.1, -0.05) is 49.0 Å². The third kappa shape index (κ3) is 5.74. The van der Waals surface area contributed by atoms with Gasteiger partial charge in [0, 0.05) is 17.9 Å². The van der Waals surface area contributed by atoms with Gasteiger partial charge in [0.05, 0.1) is 0 Å². The summed E-state index contributed by atoms with van der Waals surface area (Å²) in [6.07, 6.45) is 11.2. The van der Waals surface area contributed by atoms with Gasteiger partial charge in [-0.25, -0.2) is 0 Å². The molecule has 0 aromatic heterocycles. The number of unbranched alkanes of at least 4 members (excludes halogenated alkanes) is 1. The van der Waals surface area contributed by atoms with E-state index in [0.717, 1.165) is 12.0 Å². The smallest absolute Gasteiger partial charge is 0.00961 e. The molecule has 1 rings (SSSR count). The number of alkyl halides is 1. The maximum absolute atomic E-state index is 3.56. The fourth-order valence-electron chi connectivity index (χ4n) is 3.02. The lowest BCUT2D eigenvalue weighted by Crippen LogP contribution is -2.34. The van der Waals surface area contributed by atoms with Crippen molar-refractivity contribution in [3.05, 3.63) is 0 Å². The molecule has 0 aromatic carbocycles. The molecule has 0 aliphatic carbocycles. The van der Waals surface area contributed by atoms with E-state index in [1.165, 1.54) is 69.8 Å². The Morgan fingerprint density at radius 1 is 1.29 bits per heavy atom. The Kier molecular flexibility index (Phi) is 8.55. The number of hydrogen-bond acceptors (Lipinski definition) is 1. The third-order valence-corrected chi connectivity index (χ3v) is 4.77. The van der Waals surface area contributed by atoms with E-state index in [9.17, 15) is 0 Å². The molecular formula is C15H30BrN. The largest absolute Gasteiger partial charge is 0.300 e. The number of hydrogen-bond donors (Lipinski definition) is 0. The predicted molar refractivity (Wildman–Crippen MR) is 80.9 cm³/mol. The molecule has 2 heteroatoms. The van der Waals surface area contributed by atoms with Crippen LogP contribution in [-0.2, 0) is 0 Å². The van der Waals surface area contributed by atoms with Gasteiger partial charge in [0.2, 0.25) is 0 Å². The van der Waals surface area contributed by atoms with E-state index in [-0.39, 0.29) is 0 Å². The molecule has 17 heavy (non-hydrogen) atoms. The second kappa shape index (κ2) is 9.38. The van der Waals surface area contributed by atoms with Crippen LogP contribution in [0.3, 0.4) is 0 Å². The highest BCUT2D eigenvalue weighted by Crippen LogP contribution is 2.25. The van der Waals surface area contributed by atoms with Crippen molar-refractivity contribution >= 4 is 15.9 Å². The van der Waals surface area contributed by atoms with Crippen LogP contribution in [0.4, 0.5) is 0 Å². The minimum atomic E-state index is 0.892. The average Bonchev–Trinajstić information content (AvgIpc) is 2.79. The average molecular weight is 304 g/mol. The molecule has 2 atom stereocenters. The van der Waals surface area contributed by atoms with Gasteiger partial charge in [-0.3, -0.25) is 0 Å². The first-order valence-corrected chi connectivity index (χ1v) is 8.73. The summed E-state index contributed by atoms with van der Waals surface area (Å²) in [4.78, 5) is 2.78. The van der Waals surface area contributed by atoms with Crippen LogP contribution < -0.4 is 0 Å². The van der Waals surface area contributed by atoms with Gasteiger partial charge in [-0.05, 0) is 44.6 Å². The zero-order valence-corrected chi connectivity index (χ0v) is 13.3. The summed E-state index contributed by atoms with van der Waals surface area (Å²) in [5, 5.41) is 1.17. The lowest BCUT2D eigenvalue weighted by Gasteiger charge is -2.28.